The van der Waals surface area contributed by atoms with Crippen molar-refractivity contribution in [2.75, 3.05) is 0 Å². The van der Waals surface area contributed by atoms with E-state index in [9.17, 15) is 9.59 Å². The Morgan fingerprint density at radius 2 is 1.70 bits per heavy atom. The van der Waals surface area contributed by atoms with E-state index in [2.05, 4.69) is 9.97 Å². The van der Waals surface area contributed by atoms with Crippen molar-refractivity contribution < 1.29 is 19.8 Å². The minimum Gasteiger partial charge on any atom is -0.478 e. The molecule has 0 atom stereocenters. The van der Waals surface area contributed by atoms with Crippen LogP contribution in [0.1, 0.15) is 57.6 Å². The molecule has 0 unspecified atom stereocenters. The van der Waals surface area contributed by atoms with Crippen LogP contribution in [-0.4, -0.2) is 32.1 Å². The van der Waals surface area contributed by atoms with Crippen LogP contribution in [0.15, 0.2) is 30.5 Å². The SMILES string of the molecule is CC(C)c1nc(/C=C/c2ccc(C(=O)O)cc2)ncc1C(=O)O. The number of aromatic nitrogens is 2. The molecule has 0 saturated heterocycles. The first-order valence-corrected chi connectivity index (χ1v) is 7.00. The molecular formula is C17H16N2O4. The van der Waals surface area contributed by atoms with Crippen molar-refractivity contribution in [2.45, 2.75) is 19.8 Å². The number of hydrogen-bond acceptors (Lipinski definition) is 4. The van der Waals surface area contributed by atoms with Crippen LogP contribution >= 0.6 is 0 Å². The van der Waals surface area contributed by atoms with E-state index < -0.39 is 11.9 Å². The summed E-state index contributed by atoms with van der Waals surface area (Å²) in [6, 6.07) is 6.37. The number of aromatic carboxylic acids is 2. The number of rotatable bonds is 5. The van der Waals surface area contributed by atoms with Gasteiger partial charge in [0.25, 0.3) is 0 Å². The number of carboxylic acids is 2. The molecule has 2 N–H and O–H groups in total. The second-order valence-corrected chi connectivity index (χ2v) is 5.25. The molecule has 2 aromatic rings. The smallest absolute Gasteiger partial charge is 0.339 e. The molecular weight excluding hydrogens is 296 g/mol. The van der Waals surface area contributed by atoms with Gasteiger partial charge in [-0.1, -0.05) is 32.1 Å². The third-order valence-electron chi connectivity index (χ3n) is 3.20. The van der Waals surface area contributed by atoms with Crippen LogP contribution in [0, 0.1) is 0 Å². The summed E-state index contributed by atoms with van der Waals surface area (Å²) in [5.74, 6) is -1.66. The van der Waals surface area contributed by atoms with E-state index in [1.54, 1.807) is 24.3 Å². The van der Waals surface area contributed by atoms with Gasteiger partial charge in [-0.05, 0) is 29.7 Å². The fourth-order valence-corrected chi connectivity index (χ4v) is 2.00. The van der Waals surface area contributed by atoms with Gasteiger partial charge >= 0.3 is 11.9 Å². The molecule has 118 valence electrons. The molecule has 0 spiro atoms. The molecule has 0 aliphatic heterocycles. The predicted octanol–water partition coefficient (Wildman–Crippen LogP) is 3.17. The second kappa shape index (κ2) is 6.83. The van der Waals surface area contributed by atoms with E-state index in [1.807, 2.05) is 13.8 Å². The summed E-state index contributed by atoms with van der Waals surface area (Å²) in [5.41, 5.74) is 1.59. The quantitative estimate of drug-likeness (QED) is 0.879. The zero-order valence-corrected chi connectivity index (χ0v) is 12.7. The first-order chi connectivity index (χ1) is 10.9. The van der Waals surface area contributed by atoms with Crippen molar-refractivity contribution in [3.05, 3.63) is 58.7 Å². The minimum atomic E-state index is -1.05. The molecule has 0 radical (unpaired) electrons. The maximum atomic E-state index is 11.2. The molecule has 6 heteroatoms. The monoisotopic (exact) mass is 312 g/mol. The Morgan fingerprint density at radius 1 is 1.04 bits per heavy atom. The summed E-state index contributed by atoms with van der Waals surface area (Å²) >= 11 is 0. The summed E-state index contributed by atoms with van der Waals surface area (Å²) < 4.78 is 0. The van der Waals surface area contributed by atoms with Gasteiger partial charge in [0, 0.05) is 6.20 Å². The van der Waals surface area contributed by atoms with Crippen LogP contribution in [0.3, 0.4) is 0 Å². The molecule has 0 fully saturated rings. The number of benzene rings is 1. The lowest BCUT2D eigenvalue weighted by Gasteiger charge is -2.08. The average Bonchev–Trinajstić information content (AvgIpc) is 2.52. The topological polar surface area (TPSA) is 100 Å². The molecule has 23 heavy (non-hydrogen) atoms. The van der Waals surface area contributed by atoms with E-state index in [-0.39, 0.29) is 17.0 Å². The second-order valence-electron chi connectivity index (χ2n) is 5.25. The van der Waals surface area contributed by atoms with E-state index >= 15 is 0 Å². The fourth-order valence-electron chi connectivity index (χ4n) is 2.00. The van der Waals surface area contributed by atoms with E-state index in [4.69, 9.17) is 10.2 Å². The van der Waals surface area contributed by atoms with Gasteiger partial charge in [0.15, 0.2) is 5.82 Å². The standard InChI is InChI=1S/C17H16N2O4/c1-10(2)15-13(17(22)23)9-18-14(19-15)8-5-11-3-6-12(7-4-11)16(20)21/h3-10H,1-2H3,(H,20,21)(H,22,23)/b8-5+. The minimum absolute atomic E-state index is 0.0360. The highest BCUT2D eigenvalue weighted by Gasteiger charge is 2.15. The van der Waals surface area contributed by atoms with Crippen molar-refractivity contribution >= 4 is 24.1 Å². The number of carboxylic acid groups (broad SMARTS) is 2. The first-order valence-electron chi connectivity index (χ1n) is 7.00. The van der Waals surface area contributed by atoms with Crippen LogP contribution in [0.25, 0.3) is 12.2 Å². The molecule has 1 aromatic heterocycles. The highest BCUT2D eigenvalue weighted by atomic mass is 16.4. The van der Waals surface area contributed by atoms with E-state index in [0.29, 0.717) is 11.5 Å². The number of nitrogens with zero attached hydrogens (tertiary/aromatic N) is 2. The Labute approximate surface area is 133 Å². The van der Waals surface area contributed by atoms with Gasteiger partial charge in [-0.3, -0.25) is 0 Å². The zero-order valence-electron chi connectivity index (χ0n) is 12.7. The normalized spacial score (nSPS) is 11.1. The summed E-state index contributed by atoms with van der Waals surface area (Å²) in [7, 11) is 0. The van der Waals surface area contributed by atoms with Crippen LogP contribution in [0.5, 0.6) is 0 Å². The third-order valence-corrected chi connectivity index (χ3v) is 3.20. The Bertz CT molecular complexity index is 765. The third kappa shape index (κ3) is 4.00. The Hall–Kier alpha value is -3.02. The Kier molecular flexibility index (Phi) is 4.85. The first kappa shape index (κ1) is 16.4. The largest absolute Gasteiger partial charge is 0.478 e. The highest BCUT2D eigenvalue weighted by molar-refractivity contribution is 5.89. The molecule has 6 nitrogen and oxygen atoms in total. The van der Waals surface area contributed by atoms with Gasteiger partial charge < -0.3 is 10.2 Å². The molecule has 0 aliphatic rings. The van der Waals surface area contributed by atoms with Crippen molar-refractivity contribution in [3.8, 4) is 0 Å². The lowest BCUT2D eigenvalue weighted by atomic mass is 10.1. The van der Waals surface area contributed by atoms with Crippen LogP contribution in [0.4, 0.5) is 0 Å². The molecule has 0 saturated carbocycles. The van der Waals surface area contributed by atoms with Crippen LogP contribution in [-0.2, 0) is 0 Å². The summed E-state index contributed by atoms with van der Waals surface area (Å²) in [6.07, 6.45) is 4.71. The molecule has 2 rings (SSSR count). The zero-order chi connectivity index (χ0) is 17.0. The lowest BCUT2D eigenvalue weighted by Crippen LogP contribution is -2.08. The van der Waals surface area contributed by atoms with Crippen molar-refractivity contribution in [3.63, 3.8) is 0 Å². The molecule has 0 amide bonds. The van der Waals surface area contributed by atoms with Gasteiger partial charge in [0.1, 0.15) is 0 Å². The summed E-state index contributed by atoms with van der Waals surface area (Å²) in [5, 5.41) is 18.0. The van der Waals surface area contributed by atoms with Crippen molar-refractivity contribution in [1.82, 2.24) is 9.97 Å². The van der Waals surface area contributed by atoms with E-state index in [1.165, 1.54) is 18.3 Å². The van der Waals surface area contributed by atoms with Crippen molar-refractivity contribution in [1.29, 1.82) is 0 Å². The summed E-state index contributed by atoms with van der Waals surface area (Å²) in [6.45, 7) is 3.74. The number of carbonyl (C=O) groups is 2. The van der Waals surface area contributed by atoms with Gasteiger partial charge in [-0.25, -0.2) is 19.6 Å². The van der Waals surface area contributed by atoms with Gasteiger partial charge in [-0.15, -0.1) is 0 Å². The van der Waals surface area contributed by atoms with Crippen LogP contribution in [0.2, 0.25) is 0 Å². The van der Waals surface area contributed by atoms with Gasteiger partial charge in [0.05, 0.1) is 16.8 Å². The highest BCUT2D eigenvalue weighted by Crippen LogP contribution is 2.17. The van der Waals surface area contributed by atoms with Gasteiger partial charge in [-0.2, -0.15) is 0 Å². The fraction of sp³-hybridized carbons (Fsp3) is 0.176. The Morgan fingerprint density at radius 3 is 2.22 bits per heavy atom. The lowest BCUT2D eigenvalue weighted by molar-refractivity contribution is 0.0684. The van der Waals surface area contributed by atoms with E-state index in [0.717, 1.165) is 5.56 Å². The molecule has 1 heterocycles. The maximum absolute atomic E-state index is 11.2. The predicted molar refractivity (Wildman–Crippen MR) is 85.4 cm³/mol. The molecule has 0 aliphatic carbocycles. The molecule has 0 bridgehead atoms. The summed E-state index contributed by atoms with van der Waals surface area (Å²) in [4.78, 5) is 30.3. The number of hydrogen-bond donors (Lipinski definition) is 2. The average molecular weight is 312 g/mol. The Balaban J connectivity index is 2.27. The maximum Gasteiger partial charge on any atom is 0.339 e. The molecule has 1 aromatic carbocycles. The van der Waals surface area contributed by atoms with Crippen molar-refractivity contribution in [2.24, 2.45) is 0 Å². The van der Waals surface area contributed by atoms with Gasteiger partial charge in [0.2, 0.25) is 0 Å². The van der Waals surface area contributed by atoms with Crippen LogP contribution < -0.4 is 0 Å².